The van der Waals surface area contributed by atoms with E-state index in [1.54, 1.807) is 0 Å². The molecule has 2 aromatic rings. The van der Waals surface area contributed by atoms with Gasteiger partial charge in [0.05, 0.1) is 0 Å². The zero-order valence-electron chi connectivity index (χ0n) is 15.8. The third-order valence-corrected chi connectivity index (χ3v) is 5.22. The third kappa shape index (κ3) is 3.96. The van der Waals surface area contributed by atoms with Crippen LogP contribution in [0.15, 0.2) is 42.5 Å². The number of likely N-dealkylation sites (N-methyl/N-ethyl adjacent to an activating group) is 1. The molecule has 136 valence electrons. The Balaban J connectivity index is 1.63. The molecule has 2 aromatic carbocycles. The number of fused-ring (bicyclic) bond motifs is 1. The molecule has 1 amide bonds. The molecule has 26 heavy (non-hydrogen) atoms. The number of carbonyl (C=O) groups excluding carboxylic acids is 2. The molecule has 4 nitrogen and oxygen atoms in total. The average molecular weight is 350 g/mol. The smallest absolute Gasteiger partial charge is 0.223 e. The number of benzene rings is 2. The molecular formula is C22H26N2O2. The predicted octanol–water partition coefficient (Wildman–Crippen LogP) is 3.74. The molecule has 0 unspecified atom stereocenters. The highest BCUT2D eigenvalue weighted by Crippen LogP contribution is 2.24. The van der Waals surface area contributed by atoms with Crippen LogP contribution >= 0.6 is 0 Å². The summed E-state index contributed by atoms with van der Waals surface area (Å²) in [6, 6.07) is 13.9. The minimum Gasteiger partial charge on any atom is -0.373 e. The van der Waals surface area contributed by atoms with Gasteiger partial charge in [-0.2, -0.15) is 0 Å². The second-order valence-electron chi connectivity index (χ2n) is 7.09. The van der Waals surface area contributed by atoms with Crippen LogP contribution in [0.25, 0.3) is 0 Å². The molecule has 0 radical (unpaired) electrons. The van der Waals surface area contributed by atoms with E-state index in [1.807, 2.05) is 49.1 Å². The van der Waals surface area contributed by atoms with Crippen LogP contribution < -0.4 is 4.90 Å². The Bertz CT molecular complexity index is 829. The summed E-state index contributed by atoms with van der Waals surface area (Å²) in [6.07, 6.45) is 0.521. The molecule has 0 aliphatic carbocycles. The summed E-state index contributed by atoms with van der Waals surface area (Å²) in [5.41, 5.74) is 5.30. The fourth-order valence-corrected chi connectivity index (χ4v) is 3.34. The van der Waals surface area contributed by atoms with Gasteiger partial charge in [0, 0.05) is 50.8 Å². The molecule has 0 N–H and O–H groups in total. The van der Waals surface area contributed by atoms with Gasteiger partial charge < -0.3 is 9.80 Å². The number of hydrogen-bond acceptors (Lipinski definition) is 3. The first-order valence-corrected chi connectivity index (χ1v) is 9.13. The normalized spacial score (nSPS) is 14.0. The Hall–Kier alpha value is -2.62. The standard InChI is InChI=1S/C22H26N2O2/c1-16-8-9-18(14-17(16)2)21(25)10-11-22(26)24-13-12-23(3)20-7-5-4-6-19(20)15-24/h4-9,14H,10-13,15H2,1-3H3. The SMILES string of the molecule is Cc1ccc(C(=O)CCC(=O)N2CCN(C)c3ccccc3C2)cc1C. The highest BCUT2D eigenvalue weighted by Gasteiger charge is 2.21. The second kappa shape index (κ2) is 7.73. The highest BCUT2D eigenvalue weighted by atomic mass is 16.2. The number of para-hydroxylation sites is 1. The van der Waals surface area contributed by atoms with Crippen molar-refractivity contribution in [1.29, 1.82) is 0 Å². The average Bonchev–Trinajstić information content (AvgIpc) is 2.81. The quantitative estimate of drug-likeness (QED) is 0.789. The van der Waals surface area contributed by atoms with E-state index in [2.05, 4.69) is 24.1 Å². The largest absolute Gasteiger partial charge is 0.373 e. The number of amides is 1. The predicted molar refractivity (Wildman–Crippen MR) is 105 cm³/mol. The highest BCUT2D eigenvalue weighted by molar-refractivity contribution is 5.98. The number of carbonyl (C=O) groups is 2. The lowest BCUT2D eigenvalue weighted by molar-refractivity contribution is -0.131. The fourth-order valence-electron chi connectivity index (χ4n) is 3.34. The molecule has 4 heteroatoms. The van der Waals surface area contributed by atoms with Crippen LogP contribution in [-0.2, 0) is 11.3 Å². The van der Waals surface area contributed by atoms with E-state index < -0.39 is 0 Å². The van der Waals surface area contributed by atoms with Gasteiger partial charge in [-0.1, -0.05) is 30.3 Å². The molecule has 0 atom stereocenters. The monoisotopic (exact) mass is 350 g/mol. The summed E-state index contributed by atoms with van der Waals surface area (Å²) in [6.45, 7) is 6.12. The maximum atomic E-state index is 12.7. The summed E-state index contributed by atoms with van der Waals surface area (Å²) in [5, 5.41) is 0. The second-order valence-corrected chi connectivity index (χ2v) is 7.09. The number of hydrogen-bond donors (Lipinski definition) is 0. The number of Topliss-reactive ketones (excluding diaryl/α,β-unsaturated/α-hetero) is 1. The van der Waals surface area contributed by atoms with Gasteiger partial charge in [0.2, 0.25) is 5.91 Å². The van der Waals surface area contributed by atoms with Crippen molar-refractivity contribution < 1.29 is 9.59 Å². The van der Waals surface area contributed by atoms with E-state index >= 15 is 0 Å². The van der Waals surface area contributed by atoms with Crippen LogP contribution in [0.5, 0.6) is 0 Å². The first kappa shape index (κ1) is 18.2. The van der Waals surface area contributed by atoms with Crippen LogP contribution in [-0.4, -0.2) is 36.7 Å². The van der Waals surface area contributed by atoms with Crippen molar-refractivity contribution in [3.63, 3.8) is 0 Å². The lowest BCUT2D eigenvalue weighted by Gasteiger charge is -2.21. The molecule has 0 aromatic heterocycles. The maximum absolute atomic E-state index is 12.7. The van der Waals surface area contributed by atoms with E-state index in [9.17, 15) is 9.59 Å². The van der Waals surface area contributed by atoms with Crippen molar-refractivity contribution in [1.82, 2.24) is 4.90 Å². The van der Waals surface area contributed by atoms with Crippen LogP contribution in [0.1, 0.15) is 39.9 Å². The van der Waals surface area contributed by atoms with Gasteiger partial charge in [-0.05, 0) is 42.7 Å². The minimum atomic E-state index is 0.0359. The van der Waals surface area contributed by atoms with Crippen molar-refractivity contribution in [3.8, 4) is 0 Å². The van der Waals surface area contributed by atoms with E-state index in [-0.39, 0.29) is 24.5 Å². The van der Waals surface area contributed by atoms with Gasteiger partial charge in [-0.3, -0.25) is 9.59 Å². The number of anilines is 1. The Morgan fingerprint density at radius 3 is 2.50 bits per heavy atom. The van der Waals surface area contributed by atoms with E-state index in [0.29, 0.717) is 18.7 Å². The summed E-state index contributed by atoms with van der Waals surface area (Å²) < 4.78 is 0. The van der Waals surface area contributed by atoms with Gasteiger partial charge in [0.25, 0.3) is 0 Å². The summed E-state index contributed by atoms with van der Waals surface area (Å²) >= 11 is 0. The molecule has 1 aliphatic heterocycles. The molecule has 1 heterocycles. The third-order valence-electron chi connectivity index (χ3n) is 5.22. The van der Waals surface area contributed by atoms with Crippen LogP contribution in [0.3, 0.4) is 0 Å². The number of rotatable bonds is 4. The Labute approximate surface area is 155 Å². The Kier molecular flexibility index (Phi) is 5.40. The van der Waals surface area contributed by atoms with Crippen LogP contribution in [0, 0.1) is 13.8 Å². The maximum Gasteiger partial charge on any atom is 0.223 e. The molecule has 0 saturated carbocycles. The summed E-state index contributed by atoms with van der Waals surface area (Å²) in [4.78, 5) is 29.2. The topological polar surface area (TPSA) is 40.6 Å². The Morgan fingerprint density at radius 2 is 1.73 bits per heavy atom. The van der Waals surface area contributed by atoms with Gasteiger partial charge in [0.15, 0.2) is 5.78 Å². The van der Waals surface area contributed by atoms with Gasteiger partial charge in [0.1, 0.15) is 0 Å². The van der Waals surface area contributed by atoms with Crippen molar-refractivity contribution in [2.75, 3.05) is 25.0 Å². The fraction of sp³-hybridized carbons (Fsp3) is 0.364. The lowest BCUT2D eigenvalue weighted by Crippen LogP contribution is -2.34. The molecular weight excluding hydrogens is 324 g/mol. The first-order chi connectivity index (χ1) is 12.5. The molecule has 1 aliphatic rings. The van der Waals surface area contributed by atoms with Crippen molar-refractivity contribution >= 4 is 17.4 Å². The number of aryl methyl sites for hydroxylation is 2. The van der Waals surface area contributed by atoms with Gasteiger partial charge in [-0.25, -0.2) is 0 Å². The lowest BCUT2D eigenvalue weighted by atomic mass is 10.0. The first-order valence-electron chi connectivity index (χ1n) is 9.13. The van der Waals surface area contributed by atoms with Crippen molar-refractivity contribution in [3.05, 3.63) is 64.7 Å². The van der Waals surface area contributed by atoms with Crippen molar-refractivity contribution in [2.24, 2.45) is 0 Å². The number of ketones is 1. The van der Waals surface area contributed by atoms with E-state index in [4.69, 9.17) is 0 Å². The molecule has 0 bridgehead atoms. The van der Waals surface area contributed by atoms with E-state index in [0.717, 1.165) is 17.7 Å². The number of nitrogens with zero attached hydrogens (tertiary/aromatic N) is 2. The summed E-state index contributed by atoms with van der Waals surface area (Å²) in [5.74, 6) is 0.0843. The van der Waals surface area contributed by atoms with Gasteiger partial charge >= 0.3 is 0 Å². The van der Waals surface area contributed by atoms with Gasteiger partial charge in [-0.15, -0.1) is 0 Å². The van der Waals surface area contributed by atoms with Crippen LogP contribution in [0.4, 0.5) is 5.69 Å². The minimum absolute atomic E-state index is 0.0359. The molecule has 0 spiro atoms. The zero-order chi connectivity index (χ0) is 18.7. The van der Waals surface area contributed by atoms with E-state index in [1.165, 1.54) is 11.3 Å². The van der Waals surface area contributed by atoms with Crippen molar-refractivity contribution in [2.45, 2.75) is 33.2 Å². The summed E-state index contributed by atoms with van der Waals surface area (Å²) in [7, 11) is 2.05. The Morgan fingerprint density at radius 1 is 0.962 bits per heavy atom. The molecule has 0 saturated heterocycles. The molecule has 0 fully saturated rings. The van der Waals surface area contributed by atoms with Crippen LogP contribution in [0.2, 0.25) is 0 Å². The zero-order valence-corrected chi connectivity index (χ0v) is 15.8. The molecule has 3 rings (SSSR count).